The van der Waals surface area contributed by atoms with Gasteiger partial charge in [-0.05, 0) is 84.2 Å². The van der Waals surface area contributed by atoms with E-state index in [1.54, 1.807) is 77.9 Å². The van der Waals surface area contributed by atoms with E-state index in [1.807, 2.05) is 0 Å². The number of imide groups is 1. The van der Waals surface area contributed by atoms with E-state index in [0.717, 1.165) is 13.8 Å². The fraction of sp³-hybridized carbons (Fsp3) is 0.580. The van der Waals surface area contributed by atoms with E-state index in [4.69, 9.17) is 33.2 Å². The van der Waals surface area contributed by atoms with Gasteiger partial charge in [0.25, 0.3) is 0 Å². The summed E-state index contributed by atoms with van der Waals surface area (Å²) in [5, 5.41) is 38.1. The van der Waals surface area contributed by atoms with Crippen molar-refractivity contribution in [3.8, 4) is 0 Å². The molecule has 2 saturated carbocycles. The van der Waals surface area contributed by atoms with Crippen molar-refractivity contribution in [1.82, 2.24) is 4.90 Å². The number of ketones is 1. The molecule has 0 aromatic heterocycles. The number of carbonyl (C=O) groups is 7. The Hall–Kier alpha value is -5.69. The molecule has 1 aliphatic heterocycles. The number of esters is 4. The van der Waals surface area contributed by atoms with Crippen LogP contribution in [0.15, 0.2) is 71.8 Å². The number of carbonyl (C=O) groups excluding carboxylic acids is 7. The largest absolute Gasteiger partial charge is 0.455 e. The number of rotatable bonds is 9. The molecule has 1 heterocycles. The Kier molecular flexibility index (Phi) is 13.9. The van der Waals surface area contributed by atoms with Crippen molar-refractivity contribution in [1.29, 1.82) is 0 Å². The van der Waals surface area contributed by atoms with Crippen LogP contribution in [0.3, 0.4) is 0 Å². The molecule has 370 valence electrons. The molecular weight excluding hydrogens is 887 g/mol. The molecule has 2 bridgehead atoms. The van der Waals surface area contributed by atoms with Gasteiger partial charge >= 0.3 is 36.1 Å². The highest BCUT2D eigenvalue weighted by molar-refractivity contribution is 5.94. The molecule has 0 spiro atoms. The van der Waals surface area contributed by atoms with Gasteiger partial charge in [0.1, 0.15) is 47.3 Å². The Labute approximate surface area is 395 Å². The van der Waals surface area contributed by atoms with Gasteiger partial charge in [0.2, 0.25) is 6.10 Å². The smallest absolute Gasteiger partial charge is 0.420 e. The highest BCUT2D eigenvalue weighted by Gasteiger charge is 2.78. The van der Waals surface area contributed by atoms with Crippen molar-refractivity contribution < 1.29 is 82.0 Å². The molecule has 1 saturated heterocycles. The first-order valence-electron chi connectivity index (χ1n) is 22.5. The fourth-order valence-electron chi connectivity index (χ4n) is 10.4. The number of aliphatic hydroxyl groups is 3. The average molecular weight is 950 g/mol. The molecule has 3 fully saturated rings. The zero-order valence-corrected chi connectivity index (χ0v) is 40.5. The van der Waals surface area contributed by atoms with E-state index in [1.165, 1.54) is 52.0 Å². The maximum atomic E-state index is 15.2. The van der Waals surface area contributed by atoms with Crippen LogP contribution in [-0.4, -0.2) is 128 Å². The summed E-state index contributed by atoms with van der Waals surface area (Å²) in [6, 6.07) is 13.6. The molecule has 4 aliphatic rings. The zero-order chi connectivity index (χ0) is 50.7. The van der Waals surface area contributed by atoms with Crippen LogP contribution in [0.4, 0.5) is 9.59 Å². The molecule has 0 unspecified atom stereocenters. The molecule has 2 aromatic rings. The third kappa shape index (κ3) is 9.27. The number of fused-ring (bicyclic) bond motifs is 5. The first-order valence-corrected chi connectivity index (χ1v) is 22.5. The Balaban J connectivity index is 1.56. The summed E-state index contributed by atoms with van der Waals surface area (Å²) in [5.74, 6) is -6.77. The van der Waals surface area contributed by atoms with E-state index in [-0.39, 0.29) is 35.3 Å². The molecule has 3 N–H and O–H groups in total. The third-order valence-corrected chi connectivity index (χ3v) is 13.6. The van der Waals surface area contributed by atoms with E-state index < -0.39 is 130 Å². The van der Waals surface area contributed by atoms with Crippen LogP contribution >= 0.6 is 0 Å². The number of Topliss-reactive ketones (excluding diaryl/α,β-unsaturated/α-hetero) is 1. The van der Waals surface area contributed by atoms with Crippen molar-refractivity contribution in [2.75, 3.05) is 6.61 Å². The van der Waals surface area contributed by atoms with Gasteiger partial charge in [-0.1, -0.05) is 62.4 Å². The quantitative estimate of drug-likeness (QED) is 0.160. The summed E-state index contributed by atoms with van der Waals surface area (Å²) < 4.78 is 41.5. The van der Waals surface area contributed by atoms with Gasteiger partial charge in [-0.25, -0.2) is 24.1 Å². The summed E-state index contributed by atoms with van der Waals surface area (Å²) in [6.45, 7) is 16.9. The topological polar surface area (TPSA) is 248 Å². The van der Waals surface area contributed by atoms with Crippen molar-refractivity contribution in [2.24, 2.45) is 16.7 Å². The van der Waals surface area contributed by atoms with E-state index >= 15 is 9.59 Å². The van der Waals surface area contributed by atoms with Crippen LogP contribution in [0.25, 0.3) is 0 Å². The predicted molar refractivity (Wildman–Crippen MR) is 238 cm³/mol. The second-order valence-electron chi connectivity index (χ2n) is 20.8. The Morgan fingerprint density at radius 3 is 1.84 bits per heavy atom. The van der Waals surface area contributed by atoms with Crippen LogP contribution < -0.4 is 0 Å². The van der Waals surface area contributed by atoms with Crippen LogP contribution in [-0.2, 0) is 52.3 Å². The van der Waals surface area contributed by atoms with E-state index in [0.29, 0.717) is 4.90 Å². The minimum atomic E-state index is -2.48. The molecule has 3 aliphatic carbocycles. The molecule has 2 amide bonds. The maximum Gasteiger partial charge on any atom is 0.420 e. The molecule has 6 rings (SSSR count). The summed E-state index contributed by atoms with van der Waals surface area (Å²) in [6.07, 6.45) is -13.9. The lowest BCUT2D eigenvalue weighted by molar-refractivity contribution is -0.346. The molecule has 68 heavy (non-hydrogen) atoms. The number of hydrogen-bond donors (Lipinski definition) is 3. The monoisotopic (exact) mass is 949 g/mol. The minimum Gasteiger partial charge on any atom is -0.455 e. The molecule has 0 radical (unpaired) electrons. The highest BCUT2D eigenvalue weighted by Crippen LogP contribution is 2.64. The summed E-state index contributed by atoms with van der Waals surface area (Å²) in [4.78, 5) is 99.6. The lowest BCUT2D eigenvalue weighted by Crippen LogP contribution is -2.81. The standard InChI is InChI=1S/C50H63NO17/c1-26-31(64-42(58)37(63-27(2)52)35(29-19-15-13-16-20-29)51(43(59)67-45(4,5)6)44(60)68-46(7,8)9)24-50(61)40(65-41(57)30-21-17-14-18-22-30)38-48(12,39(56)36(55)34(26)47(50,10)11)32(54)23-33-49(38,25-62-33)66-28(3)53/h13-22,31-33,35-38,40,54-55,61H,23-25H2,1-12H3/t31-,32-,33+,35-,36+,37+,38-,40-,48+,49-,50+/m0/s1. The summed E-state index contributed by atoms with van der Waals surface area (Å²) in [5.41, 5.74) is -10.5. The Morgan fingerprint density at radius 2 is 1.35 bits per heavy atom. The van der Waals surface area contributed by atoms with E-state index in [2.05, 4.69) is 0 Å². The van der Waals surface area contributed by atoms with Crippen molar-refractivity contribution in [3.05, 3.63) is 82.9 Å². The van der Waals surface area contributed by atoms with Gasteiger partial charge in [-0.2, -0.15) is 0 Å². The van der Waals surface area contributed by atoms with Crippen LogP contribution in [0, 0.1) is 16.7 Å². The minimum absolute atomic E-state index is 0.0322. The van der Waals surface area contributed by atoms with Gasteiger partial charge in [-0.3, -0.25) is 14.4 Å². The van der Waals surface area contributed by atoms with E-state index in [9.17, 15) is 39.3 Å². The predicted octanol–water partition coefficient (Wildman–Crippen LogP) is 5.48. The molecule has 2 aromatic carbocycles. The highest BCUT2D eigenvalue weighted by atomic mass is 16.6. The number of ether oxygens (including phenoxy) is 7. The third-order valence-electron chi connectivity index (χ3n) is 13.6. The molecule has 18 heteroatoms. The fourth-order valence-corrected chi connectivity index (χ4v) is 10.4. The lowest BCUT2D eigenvalue weighted by Gasteiger charge is -2.67. The van der Waals surface area contributed by atoms with Crippen LogP contribution in [0.1, 0.15) is 118 Å². The zero-order valence-electron chi connectivity index (χ0n) is 40.5. The normalized spacial score (nSPS) is 30.5. The number of nitrogens with zero attached hydrogens (tertiary/aromatic N) is 1. The molecule has 18 nitrogen and oxygen atoms in total. The van der Waals surface area contributed by atoms with Crippen LogP contribution in [0.2, 0.25) is 0 Å². The maximum absolute atomic E-state index is 15.2. The van der Waals surface area contributed by atoms with Gasteiger partial charge in [0.15, 0.2) is 11.4 Å². The average Bonchev–Trinajstić information content (AvgIpc) is 3.22. The first kappa shape index (κ1) is 51.7. The summed E-state index contributed by atoms with van der Waals surface area (Å²) in [7, 11) is 0. The number of hydrogen-bond acceptors (Lipinski definition) is 17. The second kappa shape index (κ2) is 18.3. The summed E-state index contributed by atoms with van der Waals surface area (Å²) >= 11 is 0. The number of benzene rings is 2. The number of amides is 2. The van der Waals surface area contributed by atoms with Gasteiger partial charge in [0, 0.05) is 32.1 Å². The SMILES string of the molecule is CC(=O)O[C@@H](C(=O)O[C@H]1C[C@@]2(O)[C@@H](OC(=O)c3ccccc3)[C@@H]3[C@]4(OC(C)=O)CO[C@@H]4C[C@H](O)[C@@]3(C)C(=O)[C@H](O)C(=C1C)C2(C)C)[C@H](c1ccccc1)N(C(=O)OC(C)(C)C)C(=O)OC(C)(C)C. The lowest BCUT2D eigenvalue weighted by atomic mass is 9.44. The van der Waals surface area contributed by atoms with Crippen molar-refractivity contribution in [3.63, 3.8) is 0 Å². The van der Waals surface area contributed by atoms with Gasteiger partial charge in [-0.15, -0.1) is 0 Å². The molecular formula is C50H63NO17. The van der Waals surface area contributed by atoms with Crippen molar-refractivity contribution in [2.45, 2.75) is 161 Å². The van der Waals surface area contributed by atoms with Gasteiger partial charge < -0.3 is 48.5 Å². The van der Waals surface area contributed by atoms with Gasteiger partial charge in [0.05, 0.1) is 29.6 Å². The first-order chi connectivity index (χ1) is 31.4. The Bertz CT molecular complexity index is 2320. The second-order valence-corrected chi connectivity index (χ2v) is 20.8. The van der Waals surface area contributed by atoms with Crippen LogP contribution in [0.5, 0.6) is 0 Å². The number of aliphatic hydroxyl groups excluding tert-OH is 2. The Morgan fingerprint density at radius 1 is 0.809 bits per heavy atom. The molecule has 11 atom stereocenters. The van der Waals surface area contributed by atoms with Crippen molar-refractivity contribution >= 4 is 41.8 Å².